The summed E-state index contributed by atoms with van der Waals surface area (Å²) >= 11 is 0. The molecule has 0 aromatic heterocycles. The molecule has 0 aliphatic rings. The third-order valence-corrected chi connectivity index (χ3v) is 3.59. The Labute approximate surface area is 132 Å². The van der Waals surface area contributed by atoms with Gasteiger partial charge in [0.25, 0.3) is 0 Å². The molecule has 2 aromatic carbocycles. The standard InChI is InChI=1S/C17H16O6/c1-23-13-6-5-11-8-10(2-4-12(11)9-13)3-7-14(18)15(16(19)20)17(21)22/h2,4-6,8-9,15H,3,7H2,1H3,(H,19,20)(H,21,22). The third-order valence-electron chi connectivity index (χ3n) is 3.59. The smallest absolute Gasteiger partial charge is 0.325 e. The number of ketones is 1. The van der Waals surface area contributed by atoms with Crippen molar-refractivity contribution >= 4 is 28.5 Å². The largest absolute Gasteiger partial charge is 0.497 e. The topological polar surface area (TPSA) is 101 Å². The zero-order valence-corrected chi connectivity index (χ0v) is 12.5. The van der Waals surface area contributed by atoms with Crippen LogP contribution in [0.15, 0.2) is 36.4 Å². The van der Waals surface area contributed by atoms with Crippen LogP contribution in [0.2, 0.25) is 0 Å². The van der Waals surface area contributed by atoms with Crippen LogP contribution in [0.25, 0.3) is 10.8 Å². The molecule has 2 rings (SSSR count). The summed E-state index contributed by atoms with van der Waals surface area (Å²) in [5.41, 5.74) is 0.838. The second-order valence-corrected chi connectivity index (χ2v) is 5.12. The lowest BCUT2D eigenvalue weighted by atomic mass is 9.97. The molecule has 0 aliphatic heterocycles. The summed E-state index contributed by atoms with van der Waals surface area (Å²) in [6.45, 7) is 0. The maximum Gasteiger partial charge on any atom is 0.325 e. The summed E-state index contributed by atoms with van der Waals surface area (Å²) in [6, 6.07) is 11.2. The van der Waals surface area contributed by atoms with Crippen LogP contribution in [0.1, 0.15) is 12.0 Å². The number of carboxylic acid groups (broad SMARTS) is 2. The quantitative estimate of drug-likeness (QED) is 0.759. The van der Waals surface area contributed by atoms with E-state index in [4.69, 9.17) is 14.9 Å². The third kappa shape index (κ3) is 3.85. The van der Waals surface area contributed by atoms with E-state index >= 15 is 0 Å². The molecular formula is C17H16O6. The Morgan fingerprint density at radius 3 is 2.22 bits per heavy atom. The van der Waals surface area contributed by atoms with Crippen LogP contribution in [0, 0.1) is 5.92 Å². The summed E-state index contributed by atoms with van der Waals surface area (Å²) in [5, 5.41) is 19.5. The molecule has 2 N–H and O–H groups in total. The monoisotopic (exact) mass is 316 g/mol. The van der Waals surface area contributed by atoms with Gasteiger partial charge in [-0.1, -0.05) is 24.3 Å². The van der Waals surface area contributed by atoms with Gasteiger partial charge in [0.05, 0.1) is 7.11 Å². The molecule has 23 heavy (non-hydrogen) atoms. The van der Waals surface area contributed by atoms with Gasteiger partial charge < -0.3 is 14.9 Å². The van der Waals surface area contributed by atoms with Crippen molar-refractivity contribution in [3.63, 3.8) is 0 Å². The van der Waals surface area contributed by atoms with Gasteiger partial charge >= 0.3 is 11.9 Å². The van der Waals surface area contributed by atoms with Crippen molar-refractivity contribution < 1.29 is 29.3 Å². The number of methoxy groups -OCH3 is 1. The lowest BCUT2D eigenvalue weighted by Crippen LogP contribution is -2.31. The van der Waals surface area contributed by atoms with Crippen molar-refractivity contribution in [2.75, 3.05) is 7.11 Å². The van der Waals surface area contributed by atoms with Gasteiger partial charge in [-0.2, -0.15) is 0 Å². The van der Waals surface area contributed by atoms with E-state index in [-0.39, 0.29) is 12.8 Å². The number of carboxylic acids is 2. The molecule has 0 heterocycles. The molecule has 120 valence electrons. The van der Waals surface area contributed by atoms with E-state index in [2.05, 4.69) is 0 Å². The highest BCUT2D eigenvalue weighted by Crippen LogP contribution is 2.22. The Bertz CT molecular complexity index is 751. The minimum Gasteiger partial charge on any atom is -0.497 e. The van der Waals surface area contributed by atoms with Gasteiger partial charge in [0.1, 0.15) is 5.75 Å². The number of aliphatic carboxylic acids is 2. The average Bonchev–Trinajstić information content (AvgIpc) is 2.51. The number of Topliss-reactive ketones (excluding diaryl/α,β-unsaturated/α-hetero) is 1. The number of hydrogen-bond acceptors (Lipinski definition) is 4. The fourth-order valence-electron chi connectivity index (χ4n) is 2.35. The summed E-state index contributed by atoms with van der Waals surface area (Å²) < 4.78 is 5.15. The molecule has 0 saturated carbocycles. The van der Waals surface area contributed by atoms with Gasteiger partial charge in [0.2, 0.25) is 5.92 Å². The zero-order valence-electron chi connectivity index (χ0n) is 12.5. The normalized spacial score (nSPS) is 10.7. The molecule has 0 unspecified atom stereocenters. The molecule has 0 bridgehead atoms. The van der Waals surface area contributed by atoms with E-state index in [9.17, 15) is 14.4 Å². The minimum atomic E-state index is -2.00. The number of ether oxygens (including phenoxy) is 1. The molecule has 0 saturated heterocycles. The van der Waals surface area contributed by atoms with Crippen LogP contribution in [0.5, 0.6) is 5.75 Å². The second-order valence-electron chi connectivity index (χ2n) is 5.12. The first-order valence-corrected chi connectivity index (χ1v) is 6.97. The Morgan fingerprint density at radius 1 is 1.00 bits per heavy atom. The molecule has 0 amide bonds. The number of carbonyl (C=O) groups is 3. The van der Waals surface area contributed by atoms with Crippen LogP contribution in [-0.2, 0) is 20.8 Å². The molecule has 0 atom stereocenters. The van der Waals surface area contributed by atoms with Crippen molar-refractivity contribution in [3.05, 3.63) is 42.0 Å². The highest BCUT2D eigenvalue weighted by molar-refractivity contribution is 6.13. The van der Waals surface area contributed by atoms with Crippen LogP contribution < -0.4 is 4.74 Å². The van der Waals surface area contributed by atoms with E-state index < -0.39 is 23.6 Å². The maximum absolute atomic E-state index is 11.8. The summed E-state index contributed by atoms with van der Waals surface area (Å²) in [4.78, 5) is 33.4. The molecule has 0 fully saturated rings. The van der Waals surface area contributed by atoms with Crippen LogP contribution in [0.4, 0.5) is 0 Å². The number of rotatable bonds is 7. The van der Waals surface area contributed by atoms with Crippen LogP contribution in [-0.4, -0.2) is 35.0 Å². The highest BCUT2D eigenvalue weighted by atomic mass is 16.5. The first-order valence-electron chi connectivity index (χ1n) is 6.97. The maximum atomic E-state index is 11.8. The van der Waals surface area contributed by atoms with Crippen LogP contribution >= 0.6 is 0 Å². The minimum absolute atomic E-state index is 0.134. The summed E-state index contributed by atoms with van der Waals surface area (Å²) in [7, 11) is 1.59. The first-order chi connectivity index (χ1) is 10.9. The number of hydrogen-bond donors (Lipinski definition) is 2. The van der Waals surface area contributed by atoms with Gasteiger partial charge in [-0.15, -0.1) is 0 Å². The molecule has 6 nitrogen and oxygen atoms in total. The number of aryl methyl sites for hydroxylation is 1. The van der Waals surface area contributed by atoms with Crippen molar-refractivity contribution in [2.45, 2.75) is 12.8 Å². The Balaban J connectivity index is 2.11. The van der Waals surface area contributed by atoms with Crippen molar-refractivity contribution in [1.82, 2.24) is 0 Å². The second kappa shape index (κ2) is 6.91. The first kappa shape index (κ1) is 16.5. The van der Waals surface area contributed by atoms with Gasteiger partial charge in [0.15, 0.2) is 5.78 Å². The predicted octanol–water partition coefficient (Wildman–Crippen LogP) is 2.14. The van der Waals surface area contributed by atoms with E-state index in [1.165, 1.54) is 0 Å². The lowest BCUT2D eigenvalue weighted by molar-refractivity contribution is -0.157. The van der Waals surface area contributed by atoms with Crippen molar-refractivity contribution in [3.8, 4) is 5.75 Å². The molecule has 0 aliphatic carbocycles. The number of fused-ring (bicyclic) bond motifs is 1. The molecule has 0 radical (unpaired) electrons. The van der Waals surface area contributed by atoms with Gasteiger partial charge in [-0.05, 0) is 34.9 Å². The number of benzene rings is 2. The van der Waals surface area contributed by atoms with E-state index in [0.717, 1.165) is 22.1 Å². The van der Waals surface area contributed by atoms with Gasteiger partial charge in [-0.25, -0.2) is 0 Å². The molecule has 6 heteroatoms. The highest BCUT2D eigenvalue weighted by Gasteiger charge is 2.32. The Hall–Kier alpha value is -2.89. The lowest BCUT2D eigenvalue weighted by Gasteiger charge is -2.08. The molecular weight excluding hydrogens is 300 g/mol. The Kier molecular flexibility index (Phi) is 4.95. The van der Waals surface area contributed by atoms with E-state index in [1.807, 2.05) is 36.4 Å². The SMILES string of the molecule is COc1ccc2cc(CCC(=O)C(C(=O)O)C(=O)O)ccc2c1. The number of carbonyl (C=O) groups excluding carboxylic acids is 1. The van der Waals surface area contributed by atoms with Crippen molar-refractivity contribution in [1.29, 1.82) is 0 Å². The predicted molar refractivity (Wildman–Crippen MR) is 82.6 cm³/mol. The zero-order chi connectivity index (χ0) is 17.0. The fraction of sp³-hybridized carbons (Fsp3) is 0.235. The van der Waals surface area contributed by atoms with Gasteiger partial charge in [-0.3, -0.25) is 14.4 Å². The average molecular weight is 316 g/mol. The molecule has 0 spiro atoms. The van der Waals surface area contributed by atoms with Gasteiger partial charge in [0, 0.05) is 6.42 Å². The van der Waals surface area contributed by atoms with E-state index in [0.29, 0.717) is 0 Å². The summed E-state index contributed by atoms with van der Waals surface area (Å²) in [5.74, 6) is -5.33. The van der Waals surface area contributed by atoms with Crippen LogP contribution in [0.3, 0.4) is 0 Å². The van der Waals surface area contributed by atoms with E-state index in [1.54, 1.807) is 7.11 Å². The summed E-state index contributed by atoms with van der Waals surface area (Å²) in [6.07, 6.45) is 0.156. The molecule has 2 aromatic rings. The fourth-order valence-corrected chi connectivity index (χ4v) is 2.35. The van der Waals surface area contributed by atoms with Crippen molar-refractivity contribution in [2.24, 2.45) is 5.92 Å². The Morgan fingerprint density at radius 2 is 1.61 bits per heavy atom.